The average molecular weight is 597 g/mol. The van der Waals surface area contributed by atoms with E-state index in [1.165, 1.54) is 54.0 Å². The topological polar surface area (TPSA) is 43.6 Å². The lowest BCUT2D eigenvalue weighted by molar-refractivity contribution is 0.232. The molecule has 2 aliphatic rings. The van der Waals surface area contributed by atoms with Crippen molar-refractivity contribution in [3.63, 3.8) is 0 Å². The second-order valence-corrected chi connectivity index (χ2v) is 13.7. The standard InChI is InChI=1S/C42H36N4/c1-42(26-28-16-17-29(24-28)27-42)34-21-18-32(19-22-34)40-43-39(31-12-6-3-7-13-31)44-41(45-40)46-37-15-9-8-14-35(37)36-23-20-33(25-38(36)46)30-10-4-2-5-11-30/h2-15,18-23,25,28-29H,16-17,24,26-27H2,1H3/t28-,29-/m1/s1. The summed E-state index contributed by atoms with van der Waals surface area (Å²) in [5.74, 6) is 3.76. The molecule has 224 valence electrons. The van der Waals surface area contributed by atoms with Crippen molar-refractivity contribution in [1.29, 1.82) is 0 Å². The van der Waals surface area contributed by atoms with Crippen LogP contribution in [0.1, 0.15) is 44.6 Å². The van der Waals surface area contributed by atoms with Crippen LogP contribution in [0.15, 0.2) is 127 Å². The molecular formula is C42H36N4. The van der Waals surface area contributed by atoms with Gasteiger partial charge in [-0.15, -0.1) is 0 Å². The summed E-state index contributed by atoms with van der Waals surface area (Å²) in [6.45, 7) is 2.48. The zero-order chi connectivity index (χ0) is 30.7. The lowest BCUT2D eigenvalue weighted by Crippen LogP contribution is -2.30. The molecule has 9 rings (SSSR count). The minimum Gasteiger partial charge on any atom is -0.278 e. The van der Waals surface area contributed by atoms with Crippen LogP contribution in [0.3, 0.4) is 0 Å². The molecule has 0 saturated heterocycles. The zero-order valence-corrected chi connectivity index (χ0v) is 26.1. The summed E-state index contributed by atoms with van der Waals surface area (Å²) in [4.78, 5) is 15.4. The quantitative estimate of drug-likeness (QED) is 0.199. The molecule has 0 unspecified atom stereocenters. The van der Waals surface area contributed by atoms with Gasteiger partial charge in [0.05, 0.1) is 11.0 Å². The van der Waals surface area contributed by atoms with E-state index < -0.39 is 0 Å². The van der Waals surface area contributed by atoms with Crippen molar-refractivity contribution in [2.24, 2.45) is 11.8 Å². The molecule has 0 aliphatic heterocycles. The molecule has 2 atom stereocenters. The first-order chi connectivity index (χ1) is 22.6. The molecule has 7 aromatic rings. The number of hydrogen-bond acceptors (Lipinski definition) is 3. The van der Waals surface area contributed by atoms with E-state index in [1.54, 1.807) is 0 Å². The van der Waals surface area contributed by atoms with Crippen molar-refractivity contribution in [3.8, 4) is 39.9 Å². The van der Waals surface area contributed by atoms with Gasteiger partial charge in [-0.05, 0) is 65.3 Å². The number of aromatic nitrogens is 4. The van der Waals surface area contributed by atoms with Crippen LogP contribution in [-0.2, 0) is 5.41 Å². The Morgan fingerprint density at radius 3 is 1.80 bits per heavy atom. The van der Waals surface area contributed by atoms with Gasteiger partial charge in [0.2, 0.25) is 5.95 Å². The molecule has 2 saturated carbocycles. The van der Waals surface area contributed by atoms with E-state index in [1.807, 2.05) is 18.2 Å². The largest absolute Gasteiger partial charge is 0.278 e. The van der Waals surface area contributed by atoms with Crippen LogP contribution < -0.4 is 0 Å². The van der Waals surface area contributed by atoms with Crippen molar-refractivity contribution >= 4 is 21.8 Å². The van der Waals surface area contributed by atoms with E-state index >= 15 is 0 Å². The van der Waals surface area contributed by atoms with Gasteiger partial charge in [-0.1, -0.05) is 135 Å². The van der Waals surface area contributed by atoms with Gasteiger partial charge < -0.3 is 0 Å². The molecule has 5 aromatic carbocycles. The zero-order valence-electron chi connectivity index (χ0n) is 26.1. The Hall–Kier alpha value is -5.09. The van der Waals surface area contributed by atoms with Gasteiger partial charge in [-0.25, -0.2) is 4.98 Å². The molecule has 2 aromatic heterocycles. The molecule has 0 spiro atoms. The number of hydrogen-bond donors (Lipinski definition) is 0. The van der Waals surface area contributed by atoms with Crippen molar-refractivity contribution in [1.82, 2.24) is 19.5 Å². The minimum absolute atomic E-state index is 0.251. The number of nitrogens with zero attached hydrogens (tertiary/aromatic N) is 4. The summed E-state index contributed by atoms with van der Waals surface area (Å²) < 4.78 is 2.21. The van der Waals surface area contributed by atoms with Crippen molar-refractivity contribution in [2.45, 2.75) is 44.4 Å². The highest BCUT2D eigenvalue weighted by molar-refractivity contribution is 6.10. The molecule has 2 aliphatic carbocycles. The smallest absolute Gasteiger partial charge is 0.238 e. The van der Waals surface area contributed by atoms with Crippen molar-refractivity contribution < 1.29 is 0 Å². The van der Waals surface area contributed by atoms with Crippen LogP contribution >= 0.6 is 0 Å². The lowest BCUT2D eigenvalue weighted by atomic mass is 9.66. The maximum atomic E-state index is 5.21. The van der Waals surface area contributed by atoms with Gasteiger partial charge in [-0.2, -0.15) is 9.97 Å². The average Bonchev–Trinajstić information content (AvgIpc) is 3.64. The predicted octanol–water partition coefficient (Wildman–Crippen LogP) is 10.4. The highest BCUT2D eigenvalue weighted by Gasteiger charge is 2.41. The monoisotopic (exact) mass is 596 g/mol. The van der Waals surface area contributed by atoms with Gasteiger partial charge in [0, 0.05) is 21.9 Å². The number of rotatable bonds is 5. The third-order valence-corrected chi connectivity index (χ3v) is 10.6. The molecule has 4 nitrogen and oxygen atoms in total. The minimum atomic E-state index is 0.251. The van der Waals surface area contributed by atoms with Crippen LogP contribution in [0.5, 0.6) is 0 Å². The molecule has 0 N–H and O–H groups in total. The summed E-state index contributed by atoms with van der Waals surface area (Å²) in [7, 11) is 0. The Bertz CT molecular complexity index is 2190. The van der Waals surface area contributed by atoms with Crippen molar-refractivity contribution in [2.75, 3.05) is 0 Å². The first-order valence-electron chi connectivity index (χ1n) is 16.6. The SMILES string of the molecule is CC1(c2ccc(-c3nc(-c4ccccc4)nc(-n4c5ccccc5c5ccc(-c6ccccc6)cc54)n3)cc2)C[C@@H]2CC[C@H](C2)C1. The van der Waals surface area contributed by atoms with Crippen LogP contribution in [-0.4, -0.2) is 19.5 Å². The van der Waals surface area contributed by atoms with Gasteiger partial charge in [0.15, 0.2) is 11.6 Å². The van der Waals surface area contributed by atoms with Crippen LogP contribution in [0, 0.1) is 11.8 Å². The highest BCUT2D eigenvalue weighted by Crippen LogP contribution is 2.51. The lowest BCUT2D eigenvalue weighted by Gasteiger charge is -2.38. The van der Waals surface area contributed by atoms with Gasteiger partial charge in [-0.3, -0.25) is 4.57 Å². The third-order valence-electron chi connectivity index (χ3n) is 10.6. The van der Waals surface area contributed by atoms with E-state index in [4.69, 9.17) is 15.0 Å². The molecule has 4 heteroatoms. The van der Waals surface area contributed by atoms with Crippen LogP contribution in [0.4, 0.5) is 0 Å². The van der Waals surface area contributed by atoms with Crippen molar-refractivity contribution in [3.05, 3.63) is 133 Å². The molecule has 2 fully saturated rings. The fraction of sp³-hybridized carbons (Fsp3) is 0.214. The summed E-state index contributed by atoms with van der Waals surface area (Å²) >= 11 is 0. The summed E-state index contributed by atoms with van der Waals surface area (Å²) in [6, 6.07) is 45.2. The number of benzene rings is 5. The van der Waals surface area contributed by atoms with E-state index in [0.717, 1.165) is 39.6 Å². The van der Waals surface area contributed by atoms with E-state index in [0.29, 0.717) is 17.6 Å². The molecule has 46 heavy (non-hydrogen) atoms. The fourth-order valence-electron chi connectivity index (χ4n) is 8.47. The fourth-order valence-corrected chi connectivity index (χ4v) is 8.47. The molecule has 2 heterocycles. The second kappa shape index (κ2) is 10.8. The first-order valence-corrected chi connectivity index (χ1v) is 16.6. The third kappa shape index (κ3) is 4.63. The Labute approximate surface area is 269 Å². The first kappa shape index (κ1) is 27.2. The maximum absolute atomic E-state index is 5.21. The van der Waals surface area contributed by atoms with Crippen LogP contribution in [0.2, 0.25) is 0 Å². The Kier molecular flexibility index (Phi) is 6.38. The molecular weight excluding hydrogens is 560 g/mol. The molecule has 2 bridgehead atoms. The summed E-state index contributed by atoms with van der Waals surface area (Å²) in [5.41, 5.74) is 8.18. The van der Waals surface area contributed by atoms with Gasteiger partial charge in [0.25, 0.3) is 0 Å². The number of para-hydroxylation sites is 1. The van der Waals surface area contributed by atoms with E-state index in [-0.39, 0.29) is 5.41 Å². The number of fused-ring (bicyclic) bond motifs is 5. The Balaban J connectivity index is 1.22. The van der Waals surface area contributed by atoms with Crippen LogP contribution in [0.25, 0.3) is 61.7 Å². The molecule has 0 amide bonds. The predicted molar refractivity (Wildman–Crippen MR) is 188 cm³/mol. The van der Waals surface area contributed by atoms with Gasteiger partial charge in [0.1, 0.15) is 0 Å². The van der Waals surface area contributed by atoms with E-state index in [9.17, 15) is 0 Å². The normalized spacial score (nSPS) is 20.8. The second-order valence-electron chi connectivity index (χ2n) is 13.7. The summed E-state index contributed by atoms with van der Waals surface area (Å²) in [5, 5.41) is 2.36. The highest BCUT2D eigenvalue weighted by atomic mass is 15.2. The molecule has 0 radical (unpaired) electrons. The van der Waals surface area contributed by atoms with E-state index in [2.05, 4.69) is 121 Å². The Morgan fingerprint density at radius 2 is 1.11 bits per heavy atom. The van der Waals surface area contributed by atoms with Gasteiger partial charge >= 0.3 is 0 Å². The summed E-state index contributed by atoms with van der Waals surface area (Å²) in [6.07, 6.45) is 6.85. The maximum Gasteiger partial charge on any atom is 0.238 e. The Morgan fingerprint density at radius 1 is 0.543 bits per heavy atom.